The molecule has 0 aliphatic rings. The summed E-state index contributed by atoms with van der Waals surface area (Å²) < 4.78 is 4.69. The van der Waals surface area contributed by atoms with Crippen molar-refractivity contribution in [2.24, 2.45) is 0 Å². The second-order valence-corrected chi connectivity index (χ2v) is 5.41. The summed E-state index contributed by atoms with van der Waals surface area (Å²) in [5.74, 6) is 4.58. The Morgan fingerprint density at radius 2 is 1.64 bits per heavy atom. The number of carbonyl (C=O) groups excluding carboxylic acids is 1. The lowest BCUT2D eigenvalue weighted by Gasteiger charge is -2.14. The normalized spacial score (nSPS) is 11.1. The molecule has 0 fully saturated rings. The van der Waals surface area contributed by atoms with Gasteiger partial charge in [0.25, 0.3) is 0 Å². The molecule has 2 aromatic rings. The zero-order valence-corrected chi connectivity index (χ0v) is 13.9. The molecule has 5 nitrogen and oxygen atoms in total. The van der Waals surface area contributed by atoms with Crippen molar-refractivity contribution in [2.45, 2.75) is 12.5 Å². The number of ether oxygens (including phenoxy) is 1. The van der Waals surface area contributed by atoms with Crippen molar-refractivity contribution in [3.8, 4) is 11.8 Å². The third kappa shape index (κ3) is 6.13. The van der Waals surface area contributed by atoms with Crippen molar-refractivity contribution in [2.75, 3.05) is 13.7 Å². The molecule has 0 heterocycles. The van der Waals surface area contributed by atoms with Gasteiger partial charge >= 0.3 is 5.97 Å². The molecule has 2 N–H and O–H groups in total. The number of hydrogen-bond donors (Lipinski definition) is 2. The Bertz CT molecular complexity index is 773. The quantitative estimate of drug-likeness (QED) is 0.789. The number of carboxylic acids is 1. The number of amides is 1. The van der Waals surface area contributed by atoms with Gasteiger partial charge in [-0.15, -0.1) is 0 Å². The SMILES string of the molecule is COCC(=O)N[C@@H](Cc1ccc(C#Cc2ccccc2)cc1)C(=O)O. The molecule has 0 aliphatic carbocycles. The van der Waals surface area contributed by atoms with Crippen LogP contribution in [0.3, 0.4) is 0 Å². The van der Waals surface area contributed by atoms with Crippen LogP contribution in [0.15, 0.2) is 54.6 Å². The van der Waals surface area contributed by atoms with Crippen molar-refractivity contribution in [1.82, 2.24) is 5.32 Å². The smallest absolute Gasteiger partial charge is 0.326 e. The summed E-state index contributed by atoms with van der Waals surface area (Å²) in [6.07, 6.45) is 0.192. The van der Waals surface area contributed by atoms with Gasteiger partial charge in [0, 0.05) is 24.7 Å². The fourth-order valence-electron chi connectivity index (χ4n) is 2.19. The molecular formula is C20H19NO4. The van der Waals surface area contributed by atoms with E-state index in [0.717, 1.165) is 16.7 Å². The van der Waals surface area contributed by atoms with E-state index in [1.807, 2.05) is 54.6 Å². The van der Waals surface area contributed by atoms with Gasteiger partial charge in [0.05, 0.1) is 0 Å². The van der Waals surface area contributed by atoms with Crippen molar-refractivity contribution in [1.29, 1.82) is 0 Å². The first-order chi connectivity index (χ1) is 12.1. The van der Waals surface area contributed by atoms with E-state index < -0.39 is 17.9 Å². The van der Waals surface area contributed by atoms with Crippen molar-refractivity contribution in [3.63, 3.8) is 0 Å². The van der Waals surface area contributed by atoms with E-state index in [4.69, 9.17) is 4.74 Å². The number of hydrogen-bond acceptors (Lipinski definition) is 3. The molecule has 0 bridgehead atoms. The van der Waals surface area contributed by atoms with Crippen LogP contribution in [0.25, 0.3) is 0 Å². The third-order valence-corrected chi connectivity index (χ3v) is 3.43. The number of benzene rings is 2. The molecule has 0 unspecified atom stereocenters. The fourth-order valence-corrected chi connectivity index (χ4v) is 2.19. The summed E-state index contributed by atoms with van der Waals surface area (Å²) in [5, 5.41) is 11.7. The predicted octanol–water partition coefficient (Wildman–Crippen LogP) is 1.84. The number of rotatable bonds is 6. The van der Waals surface area contributed by atoms with Gasteiger partial charge in [-0.05, 0) is 29.8 Å². The van der Waals surface area contributed by atoms with Crippen LogP contribution in [0.5, 0.6) is 0 Å². The molecule has 0 aromatic heterocycles. The second kappa shape index (κ2) is 9.26. The van der Waals surface area contributed by atoms with Crippen LogP contribution in [0.4, 0.5) is 0 Å². The van der Waals surface area contributed by atoms with E-state index in [1.165, 1.54) is 7.11 Å². The minimum atomic E-state index is -1.09. The van der Waals surface area contributed by atoms with Gasteiger partial charge in [-0.2, -0.15) is 0 Å². The van der Waals surface area contributed by atoms with Gasteiger partial charge in [0.15, 0.2) is 0 Å². The number of nitrogens with one attached hydrogen (secondary N) is 1. The molecule has 0 saturated carbocycles. The predicted molar refractivity (Wildman–Crippen MR) is 94.0 cm³/mol. The van der Waals surface area contributed by atoms with E-state index in [9.17, 15) is 14.7 Å². The summed E-state index contributed by atoms with van der Waals surface area (Å²) in [5.41, 5.74) is 2.57. The minimum Gasteiger partial charge on any atom is -0.480 e. The Labute approximate surface area is 146 Å². The Balaban J connectivity index is 2.02. The lowest BCUT2D eigenvalue weighted by molar-refractivity contribution is -0.142. The Kier molecular flexibility index (Phi) is 6.76. The van der Waals surface area contributed by atoms with Crippen LogP contribution in [0.1, 0.15) is 16.7 Å². The van der Waals surface area contributed by atoms with Gasteiger partial charge < -0.3 is 15.2 Å². The number of methoxy groups -OCH3 is 1. The van der Waals surface area contributed by atoms with Crippen LogP contribution in [0.2, 0.25) is 0 Å². The topological polar surface area (TPSA) is 75.6 Å². The van der Waals surface area contributed by atoms with E-state index in [1.54, 1.807) is 0 Å². The third-order valence-electron chi connectivity index (χ3n) is 3.43. The van der Waals surface area contributed by atoms with Gasteiger partial charge in [-0.25, -0.2) is 4.79 Å². The molecule has 0 aliphatic heterocycles. The summed E-state index contributed by atoms with van der Waals surface area (Å²) >= 11 is 0. The average Bonchev–Trinajstić information content (AvgIpc) is 2.61. The fraction of sp³-hybridized carbons (Fsp3) is 0.200. The van der Waals surface area contributed by atoms with Gasteiger partial charge in [0.1, 0.15) is 12.6 Å². The molecular weight excluding hydrogens is 318 g/mol. The molecule has 1 atom stereocenters. The average molecular weight is 337 g/mol. The van der Waals surface area contributed by atoms with E-state index in [0.29, 0.717) is 0 Å². The molecule has 2 rings (SSSR count). The van der Waals surface area contributed by atoms with E-state index in [2.05, 4.69) is 17.2 Å². The van der Waals surface area contributed by atoms with Crippen LogP contribution >= 0.6 is 0 Å². The summed E-state index contributed by atoms with van der Waals surface area (Å²) in [6.45, 7) is -0.169. The van der Waals surface area contributed by atoms with Crippen molar-refractivity contribution < 1.29 is 19.4 Å². The van der Waals surface area contributed by atoms with Crippen LogP contribution in [-0.4, -0.2) is 36.7 Å². The molecule has 2 aromatic carbocycles. The first kappa shape index (κ1) is 18.2. The second-order valence-electron chi connectivity index (χ2n) is 5.41. The zero-order valence-electron chi connectivity index (χ0n) is 13.9. The minimum absolute atomic E-state index is 0.169. The largest absolute Gasteiger partial charge is 0.480 e. The summed E-state index contributed by atoms with van der Waals surface area (Å²) in [4.78, 5) is 22.8. The number of carbonyl (C=O) groups is 2. The highest BCUT2D eigenvalue weighted by atomic mass is 16.5. The maximum Gasteiger partial charge on any atom is 0.326 e. The highest BCUT2D eigenvalue weighted by Crippen LogP contribution is 2.07. The standard InChI is InChI=1S/C20H19NO4/c1-25-14-19(22)21-18(20(23)24)13-17-11-9-16(10-12-17)8-7-15-5-3-2-4-6-15/h2-6,9-12,18H,13-14H2,1H3,(H,21,22)(H,23,24)/t18-/m0/s1. The Morgan fingerprint density at radius 1 is 1.04 bits per heavy atom. The maximum atomic E-state index is 11.5. The number of carboxylic acid groups (broad SMARTS) is 1. The van der Waals surface area contributed by atoms with Crippen LogP contribution in [0, 0.1) is 11.8 Å². The van der Waals surface area contributed by atoms with Crippen LogP contribution in [-0.2, 0) is 20.7 Å². The van der Waals surface area contributed by atoms with Gasteiger partial charge in [0.2, 0.25) is 5.91 Å². The monoisotopic (exact) mass is 337 g/mol. The molecule has 0 spiro atoms. The highest BCUT2D eigenvalue weighted by molar-refractivity contribution is 5.84. The lowest BCUT2D eigenvalue weighted by Crippen LogP contribution is -2.43. The van der Waals surface area contributed by atoms with E-state index >= 15 is 0 Å². The van der Waals surface area contributed by atoms with E-state index in [-0.39, 0.29) is 13.0 Å². The molecule has 0 radical (unpaired) electrons. The molecule has 25 heavy (non-hydrogen) atoms. The maximum absolute atomic E-state index is 11.5. The molecule has 1 amide bonds. The zero-order chi connectivity index (χ0) is 18.1. The van der Waals surface area contributed by atoms with Crippen molar-refractivity contribution >= 4 is 11.9 Å². The Hall–Kier alpha value is -3.10. The van der Waals surface area contributed by atoms with Crippen LogP contribution < -0.4 is 5.32 Å². The number of aliphatic carboxylic acids is 1. The molecule has 128 valence electrons. The highest BCUT2D eigenvalue weighted by Gasteiger charge is 2.20. The molecule has 0 saturated heterocycles. The first-order valence-corrected chi connectivity index (χ1v) is 7.75. The Morgan fingerprint density at radius 3 is 2.20 bits per heavy atom. The van der Waals surface area contributed by atoms with Crippen molar-refractivity contribution in [3.05, 3.63) is 71.3 Å². The summed E-state index contributed by atoms with van der Waals surface area (Å²) in [6, 6.07) is 16.0. The summed E-state index contributed by atoms with van der Waals surface area (Å²) in [7, 11) is 1.38. The van der Waals surface area contributed by atoms with Gasteiger partial charge in [-0.1, -0.05) is 42.2 Å². The molecule has 5 heteroatoms. The first-order valence-electron chi connectivity index (χ1n) is 7.75. The van der Waals surface area contributed by atoms with Gasteiger partial charge in [-0.3, -0.25) is 4.79 Å². The lowest BCUT2D eigenvalue weighted by atomic mass is 10.0.